The Kier molecular flexibility index (Phi) is 4.60. The molecule has 1 rings (SSSR count). The highest BCUT2D eigenvalue weighted by Crippen LogP contribution is 2.35. The maximum Gasteiger partial charge on any atom is 0.264 e. The molecule has 1 aromatic rings. The zero-order chi connectivity index (χ0) is 12.8. The number of alkyl halides is 2. The number of methoxy groups -OCH3 is 2. The number of ether oxygens (including phenoxy) is 2. The fourth-order valence-corrected chi connectivity index (χ4v) is 1.39. The van der Waals surface area contributed by atoms with Crippen molar-refractivity contribution >= 4 is 6.08 Å². The predicted octanol–water partition coefficient (Wildman–Crippen LogP) is 2.48. The van der Waals surface area contributed by atoms with Gasteiger partial charge in [0.15, 0.2) is 11.5 Å². The van der Waals surface area contributed by atoms with E-state index in [0.717, 1.165) is 0 Å². The van der Waals surface area contributed by atoms with Gasteiger partial charge in [0.05, 0.1) is 20.8 Å². The molecule has 92 valence electrons. The first-order valence-corrected chi connectivity index (χ1v) is 4.70. The minimum absolute atomic E-state index is 0.163. The van der Waals surface area contributed by atoms with Gasteiger partial charge in [-0.2, -0.15) is 0 Å². The summed E-state index contributed by atoms with van der Waals surface area (Å²) in [5, 5.41) is 0. The van der Waals surface area contributed by atoms with Gasteiger partial charge in [-0.25, -0.2) is 18.6 Å². The minimum atomic E-state index is -2.67. The number of hydrogen-bond acceptors (Lipinski definition) is 4. The lowest BCUT2D eigenvalue weighted by Crippen LogP contribution is -1.98. The van der Waals surface area contributed by atoms with Crippen LogP contribution in [0.15, 0.2) is 17.1 Å². The van der Waals surface area contributed by atoms with E-state index in [2.05, 4.69) is 4.99 Å². The van der Waals surface area contributed by atoms with Crippen molar-refractivity contribution in [3.63, 3.8) is 0 Å². The molecule has 0 aliphatic carbocycles. The summed E-state index contributed by atoms with van der Waals surface area (Å²) in [6.45, 7) is -0.163. The number of aliphatic imine (C=N–C) groups is 1. The minimum Gasteiger partial charge on any atom is -0.493 e. The largest absolute Gasteiger partial charge is 0.493 e. The maximum absolute atomic E-state index is 12.8. The molecule has 0 amide bonds. The lowest BCUT2D eigenvalue weighted by Gasteiger charge is -2.13. The molecule has 0 aliphatic heterocycles. The van der Waals surface area contributed by atoms with Gasteiger partial charge in [0.25, 0.3) is 6.43 Å². The van der Waals surface area contributed by atoms with Crippen LogP contribution in [-0.2, 0) is 11.3 Å². The summed E-state index contributed by atoms with van der Waals surface area (Å²) >= 11 is 0. The number of hydrogen-bond donors (Lipinski definition) is 0. The highest BCUT2D eigenvalue weighted by molar-refractivity contribution is 5.48. The van der Waals surface area contributed by atoms with E-state index in [1.807, 2.05) is 0 Å². The number of nitrogens with zero attached hydrogens (tertiary/aromatic N) is 1. The van der Waals surface area contributed by atoms with Gasteiger partial charge in [-0.05, 0) is 17.7 Å². The molecule has 1 aromatic carbocycles. The molecule has 4 nitrogen and oxygen atoms in total. The molecule has 0 radical (unpaired) electrons. The van der Waals surface area contributed by atoms with Crippen LogP contribution < -0.4 is 9.47 Å². The van der Waals surface area contributed by atoms with Crippen LogP contribution in [0.2, 0.25) is 0 Å². The van der Waals surface area contributed by atoms with Gasteiger partial charge >= 0.3 is 0 Å². The van der Waals surface area contributed by atoms with E-state index in [4.69, 9.17) is 9.47 Å². The Morgan fingerprint density at radius 1 is 1.29 bits per heavy atom. The molecule has 17 heavy (non-hydrogen) atoms. The quantitative estimate of drug-likeness (QED) is 0.589. The molecule has 6 heteroatoms. The van der Waals surface area contributed by atoms with E-state index >= 15 is 0 Å². The Balaban J connectivity index is 3.28. The second-order valence-electron chi connectivity index (χ2n) is 3.11. The molecule has 0 unspecified atom stereocenters. The van der Waals surface area contributed by atoms with E-state index in [-0.39, 0.29) is 23.4 Å². The fourth-order valence-electron chi connectivity index (χ4n) is 1.39. The van der Waals surface area contributed by atoms with E-state index in [9.17, 15) is 13.6 Å². The molecule has 0 saturated heterocycles. The van der Waals surface area contributed by atoms with E-state index in [1.54, 1.807) is 0 Å². The Labute approximate surface area is 96.9 Å². The molecule has 0 N–H and O–H groups in total. The highest BCUT2D eigenvalue weighted by Gasteiger charge is 2.17. The lowest BCUT2D eigenvalue weighted by molar-refractivity contribution is 0.149. The van der Waals surface area contributed by atoms with Gasteiger partial charge in [0, 0.05) is 5.56 Å². The van der Waals surface area contributed by atoms with Crippen molar-refractivity contribution in [2.24, 2.45) is 4.99 Å². The van der Waals surface area contributed by atoms with Crippen LogP contribution >= 0.6 is 0 Å². The Hall–Kier alpha value is -1.94. The van der Waals surface area contributed by atoms with Crippen LogP contribution in [0, 0.1) is 0 Å². The second kappa shape index (κ2) is 5.96. The summed E-state index contributed by atoms with van der Waals surface area (Å²) in [6, 6.07) is 2.56. The molecule has 0 aliphatic rings. The third-order valence-corrected chi connectivity index (χ3v) is 2.19. The Morgan fingerprint density at radius 3 is 2.35 bits per heavy atom. The molecule has 0 bridgehead atoms. The zero-order valence-corrected chi connectivity index (χ0v) is 9.37. The van der Waals surface area contributed by atoms with Gasteiger partial charge < -0.3 is 9.47 Å². The Morgan fingerprint density at radius 2 is 1.88 bits per heavy atom. The fraction of sp³-hybridized carbons (Fsp3) is 0.364. The summed E-state index contributed by atoms with van der Waals surface area (Å²) in [5.41, 5.74) is -0.0253. The molecule has 0 fully saturated rings. The van der Waals surface area contributed by atoms with Gasteiger partial charge in [-0.1, -0.05) is 0 Å². The molecule has 0 spiro atoms. The molecule has 0 saturated carbocycles. The number of halogens is 2. The van der Waals surface area contributed by atoms with Crippen molar-refractivity contribution in [2.75, 3.05) is 14.2 Å². The van der Waals surface area contributed by atoms with Gasteiger partial charge in [-0.15, -0.1) is 0 Å². The van der Waals surface area contributed by atoms with Crippen molar-refractivity contribution in [1.82, 2.24) is 0 Å². The van der Waals surface area contributed by atoms with Crippen LogP contribution in [0.3, 0.4) is 0 Å². The van der Waals surface area contributed by atoms with Gasteiger partial charge in [0.1, 0.15) is 0 Å². The van der Waals surface area contributed by atoms with Crippen molar-refractivity contribution in [2.45, 2.75) is 13.0 Å². The summed E-state index contributed by atoms with van der Waals surface area (Å²) in [5.74, 6) is 0.523. The topological polar surface area (TPSA) is 47.9 Å². The van der Waals surface area contributed by atoms with Gasteiger partial charge in [-0.3, -0.25) is 0 Å². The van der Waals surface area contributed by atoms with Crippen molar-refractivity contribution in [1.29, 1.82) is 0 Å². The van der Waals surface area contributed by atoms with Gasteiger partial charge in [0.2, 0.25) is 6.08 Å². The van der Waals surface area contributed by atoms with E-state index in [0.29, 0.717) is 5.75 Å². The van der Waals surface area contributed by atoms with Crippen LogP contribution in [0.4, 0.5) is 8.78 Å². The highest BCUT2D eigenvalue weighted by atomic mass is 19.3. The first kappa shape index (κ1) is 13.1. The summed E-state index contributed by atoms with van der Waals surface area (Å²) in [7, 11) is 2.75. The van der Waals surface area contributed by atoms with Crippen LogP contribution in [-0.4, -0.2) is 20.3 Å². The van der Waals surface area contributed by atoms with E-state index < -0.39 is 6.43 Å². The third kappa shape index (κ3) is 3.01. The van der Waals surface area contributed by atoms with Crippen molar-refractivity contribution in [3.05, 3.63) is 23.3 Å². The van der Waals surface area contributed by atoms with Crippen molar-refractivity contribution in [3.8, 4) is 11.5 Å². The average Bonchev–Trinajstić information content (AvgIpc) is 2.34. The molecular formula is C11H11F2NO3. The molecule has 0 atom stereocenters. The zero-order valence-electron chi connectivity index (χ0n) is 9.37. The maximum atomic E-state index is 12.8. The normalized spacial score (nSPS) is 9.94. The van der Waals surface area contributed by atoms with Crippen molar-refractivity contribution < 1.29 is 23.0 Å². The predicted molar refractivity (Wildman–Crippen MR) is 56.3 cm³/mol. The number of carbonyl (C=O) groups excluding carboxylic acids is 1. The average molecular weight is 243 g/mol. The smallest absolute Gasteiger partial charge is 0.264 e. The third-order valence-electron chi connectivity index (χ3n) is 2.19. The lowest BCUT2D eigenvalue weighted by atomic mass is 10.1. The monoisotopic (exact) mass is 243 g/mol. The van der Waals surface area contributed by atoms with Crippen LogP contribution in [0.25, 0.3) is 0 Å². The molecule has 0 aromatic heterocycles. The molecular weight excluding hydrogens is 232 g/mol. The van der Waals surface area contributed by atoms with Crippen LogP contribution in [0.5, 0.6) is 11.5 Å². The number of benzene rings is 1. The number of rotatable bonds is 5. The summed E-state index contributed by atoms with van der Waals surface area (Å²) in [4.78, 5) is 13.3. The van der Waals surface area contributed by atoms with E-state index in [1.165, 1.54) is 32.4 Å². The Bertz CT molecular complexity index is 443. The standard InChI is InChI=1S/C11H11F2NO3/c1-16-9-3-7(5-14-6-15)8(11(12)13)4-10(9)17-2/h3-4,11H,5H2,1-2H3. The first-order chi connectivity index (χ1) is 8.13. The summed E-state index contributed by atoms with van der Waals surface area (Å²) < 4.78 is 35.4. The van der Waals surface area contributed by atoms with Crippen LogP contribution in [0.1, 0.15) is 17.6 Å². The summed E-state index contributed by atoms with van der Waals surface area (Å²) in [6.07, 6.45) is -1.37. The number of isocyanates is 1. The SMILES string of the molecule is COc1cc(CN=C=O)c(C(F)F)cc1OC. The molecule has 0 heterocycles. The second-order valence-corrected chi connectivity index (χ2v) is 3.11. The first-order valence-electron chi connectivity index (χ1n) is 4.70.